The molecule has 27 heavy (non-hydrogen) atoms. The van der Waals surface area contributed by atoms with Gasteiger partial charge in [0.25, 0.3) is 0 Å². The predicted molar refractivity (Wildman–Crippen MR) is 106 cm³/mol. The van der Waals surface area contributed by atoms with Crippen molar-refractivity contribution in [2.75, 3.05) is 32.7 Å². The minimum atomic E-state index is -3.70. The number of carbonyl (C=O) groups is 1. The quantitative estimate of drug-likeness (QED) is 0.763. The van der Waals surface area contributed by atoms with Crippen LogP contribution in [0, 0.1) is 11.2 Å². The lowest BCUT2D eigenvalue weighted by Crippen LogP contribution is -2.48. The Hall–Kier alpha value is -1.22. The molecule has 0 aliphatic carbocycles. The van der Waals surface area contributed by atoms with Crippen molar-refractivity contribution in [3.8, 4) is 0 Å². The average molecular weight is 422 g/mol. The molecule has 0 radical (unpaired) electrons. The van der Waals surface area contributed by atoms with Gasteiger partial charge in [-0.2, -0.15) is 4.31 Å². The minimum absolute atomic E-state index is 0. The Kier molecular flexibility index (Phi) is 8.66. The van der Waals surface area contributed by atoms with Crippen molar-refractivity contribution < 1.29 is 17.6 Å². The minimum Gasteiger partial charge on any atom is -0.341 e. The van der Waals surface area contributed by atoms with Gasteiger partial charge in [-0.3, -0.25) is 4.79 Å². The smallest absolute Gasteiger partial charge is 0.243 e. The van der Waals surface area contributed by atoms with Gasteiger partial charge in [0.1, 0.15) is 5.82 Å². The van der Waals surface area contributed by atoms with Crippen molar-refractivity contribution >= 4 is 28.3 Å². The fourth-order valence-electron chi connectivity index (χ4n) is 3.36. The van der Waals surface area contributed by atoms with E-state index in [9.17, 15) is 17.6 Å². The van der Waals surface area contributed by atoms with Crippen molar-refractivity contribution in [3.05, 3.63) is 30.1 Å². The lowest BCUT2D eigenvalue weighted by atomic mass is 9.81. The van der Waals surface area contributed by atoms with Gasteiger partial charge in [0.2, 0.25) is 15.9 Å². The second kappa shape index (κ2) is 9.82. The van der Waals surface area contributed by atoms with Crippen LogP contribution in [0.25, 0.3) is 0 Å². The lowest BCUT2D eigenvalue weighted by molar-refractivity contribution is -0.142. The lowest BCUT2D eigenvalue weighted by Gasteiger charge is -2.34. The summed E-state index contributed by atoms with van der Waals surface area (Å²) in [4.78, 5) is 14.8. The molecule has 1 saturated heterocycles. The van der Waals surface area contributed by atoms with Crippen molar-refractivity contribution in [2.24, 2.45) is 11.1 Å². The van der Waals surface area contributed by atoms with E-state index < -0.39 is 21.3 Å². The molecule has 6 nitrogen and oxygen atoms in total. The van der Waals surface area contributed by atoms with E-state index in [1.54, 1.807) is 4.90 Å². The van der Waals surface area contributed by atoms with E-state index in [4.69, 9.17) is 5.73 Å². The molecular formula is C18H29ClFN3O3S. The summed E-state index contributed by atoms with van der Waals surface area (Å²) >= 11 is 0. The largest absolute Gasteiger partial charge is 0.341 e. The SMILES string of the molecule is CCC(CC)(CN)C(=O)N1CCCN(S(=O)(=O)c2ccc(F)cc2)CC1.Cl. The number of nitrogens with two attached hydrogens (primary N) is 1. The van der Waals surface area contributed by atoms with Crippen LogP contribution >= 0.6 is 12.4 Å². The first-order valence-corrected chi connectivity index (χ1v) is 10.5. The molecule has 1 aliphatic rings. The summed E-state index contributed by atoms with van der Waals surface area (Å²) in [6.07, 6.45) is 1.88. The molecule has 1 aliphatic heterocycles. The van der Waals surface area contributed by atoms with Gasteiger partial charge in [-0.1, -0.05) is 13.8 Å². The molecule has 0 bridgehead atoms. The third kappa shape index (κ3) is 4.99. The molecule has 0 saturated carbocycles. The highest BCUT2D eigenvalue weighted by Gasteiger charge is 2.38. The summed E-state index contributed by atoms with van der Waals surface area (Å²) in [5.74, 6) is -0.472. The molecule has 1 amide bonds. The zero-order valence-electron chi connectivity index (χ0n) is 15.9. The third-order valence-electron chi connectivity index (χ3n) is 5.39. The van der Waals surface area contributed by atoms with E-state index in [-0.39, 0.29) is 36.3 Å². The van der Waals surface area contributed by atoms with Crippen LogP contribution in [0.15, 0.2) is 29.2 Å². The van der Waals surface area contributed by atoms with Crippen LogP contribution in [0.1, 0.15) is 33.1 Å². The van der Waals surface area contributed by atoms with E-state index >= 15 is 0 Å². The Morgan fingerprint density at radius 1 is 1.11 bits per heavy atom. The van der Waals surface area contributed by atoms with Gasteiger partial charge in [-0.15, -0.1) is 12.4 Å². The molecule has 1 aromatic carbocycles. The van der Waals surface area contributed by atoms with Crippen LogP contribution < -0.4 is 5.73 Å². The molecule has 1 aromatic rings. The average Bonchev–Trinajstić information content (AvgIpc) is 2.90. The van der Waals surface area contributed by atoms with E-state index in [1.165, 1.54) is 16.4 Å². The van der Waals surface area contributed by atoms with E-state index in [2.05, 4.69) is 0 Å². The highest BCUT2D eigenvalue weighted by molar-refractivity contribution is 7.89. The van der Waals surface area contributed by atoms with Crippen molar-refractivity contribution in [2.45, 2.75) is 38.0 Å². The number of benzene rings is 1. The molecule has 1 fully saturated rings. The van der Waals surface area contributed by atoms with Crippen LogP contribution in [0.4, 0.5) is 4.39 Å². The number of halogens is 2. The first kappa shape index (κ1) is 23.8. The third-order valence-corrected chi connectivity index (χ3v) is 7.30. The zero-order valence-corrected chi connectivity index (χ0v) is 17.5. The van der Waals surface area contributed by atoms with E-state index in [0.717, 1.165) is 12.1 Å². The highest BCUT2D eigenvalue weighted by Crippen LogP contribution is 2.28. The fraction of sp³-hybridized carbons (Fsp3) is 0.611. The van der Waals surface area contributed by atoms with Gasteiger partial charge in [-0.25, -0.2) is 12.8 Å². The first-order valence-electron chi connectivity index (χ1n) is 9.06. The summed E-state index contributed by atoms with van der Waals surface area (Å²) in [5, 5.41) is 0. The number of amides is 1. The Balaban J connectivity index is 0.00000364. The van der Waals surface area contributed by atoms with Gasteiger partial charge < -0.3 is 10.6 Å². The van der Waals surface area contributed by atoms with Gasteiger partial charge >= 0.3 is 0 Å². The summed E-state index contributed by atoms with van der Waals surface area (Å²) in [6.45, 7) is 5.59. The van der Waals surface area contributed by atoms with Gasteiger partial charge in [0.05, 0.1) is 10.3 Å². The van der Waals surface area contributed by atoms with Crippen LogP contribution in [0.5, 0.6) is 0 Å². The van der Waals surface area contributed by atoms with Gasteiger partial charge in [0, 0.05) is 32.7 Å². The van der Waals surface area contributed by atoms with Crippen LogP contribution in [-0.4, -0.2) is 56.3 Å². The Labute approximate surface area is 167 Å². The molecule has 0 unspecified atom stereocenters. The number of rotatable bonds is 6. The van der Waals surface area contributed by atoms with Crippen LogP contribution in [0.3, 0.4) is 0 Å². The molecule has 1 heterocycles. The zero-order chi connectivity index (χ0) is 19.4. The number of sulfonamides is 1. The normalized spacial score (nSPS) is 16.5. The van der Waals surface area contributed by atoms with Crippen molar-refractivity contribution in [3.63, 3.8) is 0 Å². The predicted octanol–water partition coefficient (Wildman–Crippen LogP) is 2.24. The highest BCUT2D eigenvalue weighted by atomic mass is 35.5. The maximum Gasteiger partial charge on any atom is 0.243 e. The van der Waals surface area contributed by atoms with Crippen LogP contribution in [-0.2, 0) is 14.8 Å². The molecule has 9 heteroatoms. The number of hydrogen-bond donors (Lipinski definition) is 1. The topological polar surface area (TPSA) is 83.7 Å². The first-order chi connectivity index (χ1) is 12.3. The fourth-order valence-corrected chi connectivity index (χ4v) is 4.83. The standard InChI is InChI=1S/C18H28FN3O3S.ClH/c1-3-18(4-2,14-20)17(23)21-10-5-11-22(13-12-21)26(24,25)16-8-6-15(19)7-9-16;/h6-9H,3-5,10-14,20H2,1-2H3;1H. The summed E-state index contributed by atoms with van der Waals surface area (Å²) in [6, 6.07) is 4.81. The Morgan fingerprint density at radius 2 is 1.70 bits per heavy atom. The van der Waals surface area contributed by atoms with Gasteiger partial charge in [0.15, 0.2) is 0 Å². The number of nitrogens with zero attached hydrogens (tertiary/aromatic N) is 2. The monoisotopic (exact) mass is 421 g/mol. The summed E-state index contributed by atoms with van der Waals surface area (Å²) in [5.41, 5.74) is 5.30. The molecule has 0 spiro atoms. The maximum absolute atomic E-state index is 13.1. The number of hydrogen-bond acceptors (Lipinski definition) is 4. The molecule has 2 rings (SSSR count). The molecule has 154 valence electrons. The molecule has 2 N–H and O–H groups in total. The molecule has 0 aromatic heterocycles. The Morgan fingerprint density at radius 3 is 2.22 bits per heavy atom. The maximum atomic E-state index is 13.1. The van der Waals surface area contributed by atoms with E-state index in [1.807, 2.05) is 13.8 Å². The summed E-state index contributed by atoms with van der Waals surface area (Å²) < 4.78 is 40.0. The van der Waals surface area contributed by atoms with Gasteiger partial charge in [-0.05, 0) is 43.5 Å². The molecule has 0 atom stereocenters. The van der Waals surface area contributed by atoms with Crippen molar-refractivity contribution in [1.29, 1.82) is 0 Å². The second-order valence-electron chi connectivity index (χ2n) is 6.70. The second-order valence-corrected chi connectivity index (χ2v) is 8.63. The van der Waals surface area contributed by atoms with Crippen LogP contribution in [0.2, 0.25) is 0 Å². The van der Waals surface area contributed by atoms with Crippen molar-refractivity contribution in [1.82, 2.24) is 9.21 Å². The van der Waals surface area contributed by atoms with E-state index in [0.29, 0.717) is 38.9 Å². The number of carbonyl (C=O) groups excluding carboxylic acids is 1. The Bertz CT molecular complexity index is 716. The molecular weight excluding hydrogens is 393 g/mol. The summed E-state index contributed by atoms with van der Waals surface area (Å²) in [7, 11) is -3.70.